The third-order valence-electron chi connectivity index (χ3n) is 1.77. The average Bonchev–Trinajstić information content (AvgIpc) is 2.48. The molecule has 1 heterocycles. The van der Waals surface area contributed by atoms with Crippen LogP contribution in [0.15, 0.2) is 10.3 Å². The van der Waals surface area contributed by atoms with Crippen LogP contribution in [0.5, 0.6) is 0 Å². The Kier molecular flexibility index (Phi) is 3.96. The molecule has 0 saturated heterocycles. The number of anilines is 1. The van der Waals surface area contributed by atoms with E-state index in [-0.39, 0.29) is 27.4 Å². The minimum atomic E-state index is -3.58. The number of nitrogens with zero attached hydrogens (tertiary/aromatic N) is 1. The summed E-state index contributed by atoms with van der Waals surface area (Å²) < 4.78 is 25.0. The highest BCUT2D eigenvalue weighted by Crippen LogP contribution is 2.33. The van der Waals surface area contributed by atoms with Gasteiger partial charge in [0, 0.05) is 13.6 Å². The zero-order chi connectivity index (χ0) is 11.6. The lowest BCUT2D eigenvalue weighted by molar-refractivity contribution is 0.266. The van der Waals surface area contributed by atoms with Crippen molar-refractivity contribution in [3.63, 3.8) is 0 Å². The molecule has 8 heteroatoms. The molecule has 0 saturated carbocycles. The Labute approximate surface area is 97.1 Å². The molecule has 1 rings (SSSR count). The quantitative estimate of drug-likeness (QED) is 0.839. The third-order valence-corrected chi connectivity index (χ3v) is 5.46. The summed E-state index contributed by atoms with van der Waals surface area (Å²) in [6, 6.07) is 1.32. The molecule has 0 atom stereocenters. The van der Waals surface area contributed by atoms with Crippen LogP contribution in [0.1, 0.15) is 0 Å². The van der Waals surface area contributed by atoms with E-state index in [4.69, 9.17) is 22.4 Å². The highest BCUT2D eigenvalue weighted by Gasteiger charge is 2.23. The van der Waals surface area contributed by atoms with Crippen molar-refractivity contribution in [3.05, 3.63) is 10.4 Å². The van der Waals surface area contributed by atoms with E-state index in [9.17, 15) is 8.42 Å². The van der Waals surface area contributed by atoms with Gasteiger partial charge >= 0.3 is 0 Å². The van der Waals surface area contributed by atoms with Gasteiger partial charge in [-0.05, 0) is 6.07 Å². The molecule has 0 aliphatic rings. The van der Waals surface area contributed by atoms with Crippen molar-refractivity contribution < 1.29 is 13.5 Å². The highest BCUT2D eigenvalue weighted by molar-refractivity contribution is 7.91. The fourth-order valence-electron chi connectivity index (χ4n) is 0.902. The fraction of sp³-hybridized carbons (Fsp3) is 0.429. The summed E-state index contributed by atoms with van der Waals surface area (Å²) in [6.45, 7) is -0.192. The van der Waals surface area contributed by atoms with Gasteiger partial charge in [0.2, 0.25) is 0 Å². The van der Waals surface area contributed by atoms with Gasteiger partial charge in [0.15, 0.2) is 0 Å². The summed E-state index contributed by atoms with van der Waals surface area (Å²) in [7, 11) is -2.19. The Morgan fingerprint density at radius 1 is 1.67 bits per heavy atom. The van der Waals surface area contributed by atoms with Gasteiger partial charge in [0.1, 0.15) is 8.55 Å². The lowest BCUT2D eigenvalue weighted by Crippen LogP contribution is -2.29. The third kappa shape index (κ3) is 2.61. The molecule has 15 heavy (non-hydrogen) atoms. The predicted octanol–water partition coefficient (Wildman–Crippen LogP) is 0.597. The average molecular weight is 271 g/mol. The summed E-state index contributed by atoms with van der Waals surface area (Å²) >= 11 is 6.58. The molecule has 1 aromatic heterocycles. The van der Waals surface area contributed by atoms with Gasteiger partial charge in [0.25, 0.3) is 10.0 Å². The highest BCUT2D eigenvalue weighted by atomic mass is 35.5. The lowest BCUT2D eigenvalue weighted by atomic mass is 10.6. The molecular formula is C7H11ClN2O3S2. The van der Waals surface area contributed by atoms with E-state index < -0.39 is 10.0 Å². The second-order valence-electron chi connectivity index (χ2n) is 2.84. The van der Waals surface area contributed by atoms with E-state index in [0.717, 1.165) is 15.6 Å². The predicted molar refractivity (Wildman–Crippen MR) is 60.6 cm³/mol. The van der Waals surface area contributed by atoms with Crippen LogP contribution in [0, 0.1) is 0 Å². The van der Waals surface area contributed by atoms with Crippen molar-refractivity contribution in [3.8, 4) is 0 Å². The summed E-state index contributed by atoms with van der Waals surface area (Å²) in [4.78, 5) is 0. The molecule has 0 aromatic carbocycles. The summed E-state index contributed by atoms with van der Waals surface area (Å²) in [5, 5.41) is 8.65. The zero-order valence-electron chi connectivity index (χ0n) is 7.97. The molecule has 1 aromatic rings. The Balaban J connectivity index is 3.06. The number of likely N-dealkylation sites (N-methyl/N-ethyl adjacent to an activating group) is 1. The largest absolute Gasteiger partial charge is 0.397 e. The molecular weight excluding hydrogens is 260 g/mol. The van der Waals surface area contributed by atoms with Crippen molar-refractivity contribution in [2.75, 3.05) is 25.9 Å². The number of nitrogens with two attached hydrogens (primary N) is 1. The molecule has 0 fully saturated rings. The van der Waals surface area contributed by atoms with Gasteiger partial charge in [-0.2, -0.15) is 4.31 Å². The number of aliphatic hydroxyl groups excluding tert-OH is 1. The number of sulfonamides is 1. The number of hydrogen-bond donors (Lipinski definition) is 2. The van der Waals surface area contributed by atoms with Crippen LogP contribution in [-0.4, -0.2) is 38.0 Å². The Morgan fingerprint density at radius 2 is 2.27 bits per heavy atom. The summed E-state index contributed by atoms with van der Waals surface area (Å²) in [5.74, 6) is 0. The number of halogens is 1. The van der Waals surface area contributed by atoms with E-state index >= 15 is 0 Å². The molecule has 0 aliphatic carbocycles. The first-order valence-corrected chi connectivity index (χ1v) is 6.65. The van der Waals surface area contributed by atoms with Gasteiger partial charge in [0.05, 0.1) is 12.3 Å². The SMILES string of the molecule is CN(CCO)S(=O)(=O)c1cc(N)c(Cl)s1. The monoisotopic (exact) mass is 270 g/mol. The lowest BCUT2D eigenvalue weighted by Gasteiger charge is -2.13. The Hall–Kier alpha value is -0.340. The molecule has 86 valence electrons. The van der Waals surface area contributed by atoms with Gasteiger partial charge in [-0.3, -0.25) is 0 Å². The van der Waals surface area contributed by atoms with E-state index in [0.29, 0.717) is 0 Å². The van der Waals surface area contributed by atoms with E-state index in [1.807, 2.05) is 0 Å². The van der Waals surface area contributed by atoms with Crippen molar-refractivity contribution in [1.82, 2.24) is 4.31 Å². The van der Waals surface area contributed by atoms with E-state index in [1.165, 1.54) is 13.1 Å². The van der Waals surface area contributed by atoms with E-state index in [2.05, 4.69) is 0 Å². The number of rotatable bonds is 4. The number of aliphatic hydroxyl groups is 1. The fourth-order valence-corrected chi connectivity index (χ4v) is 3.84. The topological polar surface area (TPSA) is 83.6 Å². The normalized spacial score (nSPS) is 12.3. The molecule has 0 radical (unpaired) electrons. The van der Waals surface area contributed by atoms with Crippen LogP contribution < -0.4 is 5.73 Å². The van der Waals surface area contributed by atoms with Crippen molar-refractivity contribution in [2.24, 2.45) is 0 Å². The van der Waals surface area contributed by atoms with Crippen LogP contribution in [0.2, 0.25) is 4.34 Å². The van der Waals surface area contributed by atoms with Crippen molar-refractivity contribution in [1.29, 1.82) is 0 Å². The van der Waals surface area contributed by atoms with E-state index in [1.54, 1.807) is 0 Å². The maximum atomic E-state index is 11.8. The number of nitrogen functional groups attached to an aromatic ring is 1. The second kappa shape index (κ2) is 4.67. The molecule has 0 aliphatic heterocycles. The van der Waals surface area contributed by atoms with Crippen LogP contribution in [0.4, 0.5) is 5.69 Å². The maximum Gasteiger partial charge on any atom is 0.252 e. The number of thiophene rings is 1. The zero-order valence-corrected chi connectivity index (χ0v) is 10.4. The standard InChI is InChI=1S/C7H11ClN2O3S2/c1-10(2-3-11)15(12,13)6-4-5(9)7(8)14-6/h4,11H,2-3,9H2,1H3. The molecule has 5 nitrogen and oxygen atoms in total. The Morgan fingerprint density at radius 3 is 2.67 bits per heavy atom. The molecule has 0 spiro atoms. The Bertz CT molecular complexity index is 424. The van der Waals surface area contributed by atoms with Crippen LogP contribution in [-0.2, 0) is 10.0 Å². The molecule has 3 N–H and O–H groups in total. The molecule has 0 bridgehead atoms. The first-order chi connectivity index (χ1) is 6.89. The van der Waals surface area contributed by atoms with Crippen molar-refractivity contribution in [2.45, 2.75) is 4.21 Å². The van der Waals surface area contributed by atoms with Crippen molar-refractivity contribution >= 4 is 38.6 Å². The van der Waals surface area contributed by atoms with Gasteiger partial charge in [-0.1, -0.05) is 11.6 Å². The van der Waals surface area contributed by atoms with Gasteiger partial charge in [-0.25, -0.2) is 8.42 Å². The minimum Gasteiger partial charge on any atom is -0.397 e. The molecule has 0 amide bonds. The first-order valence-electron chi connectivity index (χ1n) is 4.01. The maximum absolute atomic E-state index is 11.8. The molecule has 0 unspecified atom stereocenters. The van der Waals surface area contributed by atoms with Crippen LogP contribution in [0.3, 0.4) is 0 Å². The van der Waals surface area contributed by atoms with Crippen LogP contribution in [0.25, 0.3) is 0 Å². The van der Waals surface area contributed by atoms with Gasteiger partial charge in [-0.15, -0.1) is 11.3 Å². The number of hydrogen-bond acceptors (Lipinski definition) is 5. The second-order valence-corrected chi connectivity index (χ2v) is 6.77. The van der Waals surface area contributed by atoms with Crippen LogP contribution >= 0.6 is 22.9 Å². The summed E-state index contributed by atoms with van der Waals surface area (Å²) in [5.41, 5.74) is 5.71. The smallest absolute Gasteiger partial charge is 0.252 e. The first kappa shape index (κ1) is 12.7. The van der Waals surface area contributed by atoms with Gasteiger partial charge < -0.3 is 10.8 Å². The summed E-state index contributed by atoms with van der Waals surface area (Å²) in [6.07, 6.45) is 0. The minimum absolute atomic E-state index is 0.0394.